The SMILES string of the molecule is NCCCC[C@@]1(C(=O)O)CN(Cc2ccccc2-c2cccnc2)CCP1(=O)O. The van der Waals surface area contributed by atoms with Gasteiger partial charge in [0.25, 0.3) is 0 Å². The molecule has 0 radical (unpaired) electrons. The predicted molar refractivity (Wildman–Crippen MR) is 113 cm³/mol. The molecule has 2 aromatic rings. The molecule has 7 nitrogen and oxygen atoms in total. The molecule has 1 saturated heterocycles. The van der Waals surface area contributed by atoms with Gasteiger partial charge < -0.3 is 15.7 Å². The highest BCUT2D eigenvalue weighted by Gasteiger charge is 2.56. The van der Waals surface area contributed by atoms with Crippen molar-refractivity contribution in [2.45, 2.75) is 31.0 Å². The third-order valence-corrected chi connectivity index (χ3v) is 8.40. The van der Waals surface area contributed by atoms with Crippen LogP contribution in [-0.2, 0) is 15.9 Å². The topological polar surface area (TPSA) is 117 Å². The Bertz CT molecular complexity index is 893. The lowest BCUT2D eigenvalue weighted by Crippen LogP contribution is -2.53. The minimum absolute atomic E-state index is 0.0169. The number of rotatable bonds is 8. The van der Waals surface area contributed by atoms with Gasteiger partial charge in [0.1, 0.15) is 0 Å². The molecular weight excluding hydrogens is 389 g/mol. The number of aliphatic carboxylic acids is 1. The van der Waals surface area contributed by atoms with E-state index in [1.165, 1.54) is 0 Å². The number of hydrogen-bond acceptors (Lipinski definition) is 5. The molecular formula is C21H28N3O4P. The fourth-order valence-corrected chi connectivity index (χ4v) is 6.24. The summed E-state index contributed by atoms with van der Waals surface area (Å²) in [5.41, 5.74) is 8.59. The lowest BCUT2D eigenvalue weighted by molar-refractivity contribution is -0.141. The maximum atomic E-state index is 12.9. The van der Waals surface area contributed by atoms with Crippen molar-refractivity contribution in [1.29, 1.82) is 0 Å². The molecule has 1 aromatic carbocycles. The second-order valence-electron chi connectivity index (χ2n) is 7.62. The van der Waals surface area contributed by atoms with E-state index in [0.717, 1.165) is 16.7 Å². The number of carboxylic acid groups (broad SMARTS) is 1. The van der Waals surface area contributed by atoms with E-state index in [2.05, 4.69) is 4.98 Å². The van der Waals surface area contributed by atoms with E-state index in [1.807, 2.05) is 41.3 Å². The molecule has 2 atom stereocenters. The number of benzene rings is 1. The number of nitrogens with zero attached hydrogens (tertiary/aromatic N) is 2. The third-order valence-electron chi connectivity index (χ3n) is 5.70. The van der Waals surface area contributed by atoms with Gasteiger partial charge in [0.2, 0.25) is 7.37 Å². The van der Waals surface area contributed by atoms with E-state index in [-0.39, 0.29) is 19.1 Å². The van der Waals surface area contributed by atoms with Gasteiger partial charge in [-0.15, -0.1) is 0 Å². The normalized spacial score (nSPS) is 25.0. The van der Waals surface area contributed by atoms with Crippen LogP contribution in [0.15, 0.2) is 48.8 Å². The monoisotopic (exact) mass is 417 g/mol. The molecule has 156 valence electrons. The minimum Gasteiger partial charge on any atom is -0.480 e. The number of nitrogens with two attached hydrogens (primary N) is 1. The number of carboxylic acids is 1. The van der Waals surface area contributed by atoms with Gasteiger partial charge in [0, 0.05) is 43.8 Å². The maximum absolute atomic E-state index is 12.9. The van der Waals surface area contributed by atoms with Crippen LogP contribution in [-0.4, -0.2) is 56.8 Å². The van der Waals surface area contributed by atoms with Crippen molar-refractivity contribution in [3.05, 3.63) is 54.4 Å². The second-order valence-corrected chi connectivity index (χ2v) is 10.3. The summed E-state index contributed by atoms with van der Waals surface area (Å²) < 4.78 is 12.9. The molecule has 3 rings (SSSR count). The van der Waals surface area contributed by atoms with Crippen LogP contribution in [0.4, 0.5) is 0 Å². The minimum atomic E-state index is -3.83. The Morgan fingerprint density at radius 3 is 2.72 bits per heavy atom. The summed E-state index contributed by atoms with van der Waals surface area (Å²) in [5.74, 6) is -1.19. The van der Waals surface area contributed by atoms with Crippen LogP contribution in [0.1, 0.15) is 24.8 Å². The summed E-state index contributed by atoms with van der Waals surface area (Å²) in [7, 11) is -3.83. The van der Waals surface area contributed by atoms with E-state index in [4.69, 9.17) is 5.73 Å². The maximum Gasteiger partial charge on any atom is 0.320 e. The van der Waals surface area contributed by atoms with E-state index in [9.17, 15) is 19.4 Å². The van der Waals surface area contributed by atoms with Crippen LogP contribution >= 0.6 is 7.37 Å². The Balaban J connectivity index is 1.86. The van der Waals surface area contributed by atoms with Crippen molar-refractivity contribution in [2.24, 2.45) is 5.73 Å². The molecule has 0 amide bonds. The first kappa shape index (κ1) is 21.7. The van der Waals surface area contributed by atoms with Crippen molar-refractivity contribution >= 4 is 13.3 Å². The van der Waals surface area contributed by atoms with Gasteiger partial charge in [-0.05, 0) is 36.6 Å². The molecule has 4 N–H and O–H groups in total. The van der Waals surface area contributed by atoms with Crippen LogP contribution in [0.25, 0.3) is 11.1 Å². The van der Waals surface area contributed by atoms with Crippen molar-refractivity contribution in [3.8, 4) is 11.1 Å². The molecule has 2 heterocycles. The second kappa shape index (κ2) is 9.18. The Morgan fingerprint density at radius 1 is 1.24 bits per heavy atom. The number of carbonyl (C=O) groups is 1. The molecule has 29 heavy (non-hydrogen) atoms. The molecule has 0 aliphatic carbocycles. The Labute approximate surface area is 171 Å². The molecule has 1 aromatic heterocycles. The van der Waals surface area contributed by atoms with Gasteiger partial charge in [-0.25, -0.2) is 0 Å². The molecule has 1 aliphatic heterocycles. The van der Waals surface area contributed by atoms with Crippen molar-refractivity contribution in [1.82, 2.24) is 9.88 Å². The largest absolute Gasteiger partial charge is 0.480 e. The molecule has 0 spiro atoms. The summed E-state index contributed by atoms with van der Waals surface area (Å²) in [6.45, 7) is 1.40. The zero-order valence-corrected chi connectivity index (χ0v) is 17.3. The van der Waals surface area contributed by atoms with Crippen LogP contribution in [0.2, 0.25) is 0 Å². The summed E-state index contributed by atoms with van der Waals surface area (Å²) in [6, 6.07) is 11.8. The third kappa shape index (κ3) is 4.59. The first-order valence-electron chi connectivity index (χ1n) is 9.86. The van der Waals surface area contributed by atoms with Crippen molar-refractivity contribution in [2.75, 3.05) is 25.8 Å². The Morgan fingerprint density at radius 2 is 2.03 bits per heavy atom. The van der Waals surface area contributed by atoms with E-state index < -0.39 is 18.5 Å². The van der Waals surface area contributed by atoms with Crippen LogP contribution in [0.5, 0.6) is 0 Å². The lowest BCUT2D eigenvalue weighted by Gasteiger charge is -2.43. The van der Waals surface area contributed by atoms with Gasteiger partial charge in [-0.1, -0.05) is 36.8 Å². The van der Waals surface area contributed by atoms with Gasteiger partial charge >= 0.3 is 5.97 Å². The summed E-state index contributed by atoms with van der Waals surface area (Å²) in [4.78, 5) is 28.9. The number of aromatic nitrogens is 1. The van der Waals surface area contributed by atoms with Crippen molar-refractivity contribution < 1.29 is 19.4 Å². The van der Waals surface area contributed by atoms with E-state index >= 15 is 0 Å². The standard InChI is InChI=1S/C21H28N3O4P/c22-10-4-3-9-21(20(25)26)16-24(12-13-29(21,27)28)15-18-6-1-2-8-19(18)17-7-5-11-23-14-17/h1-2,5-8,11,14H,3-4,9-10,12-13,15-16,22H2,(H,25,26)(H,27,28)/t21-/m0/s1. The first-order valence-corrected chi connectivity index (χ1v) is 11.7. The molecule has 1 aliphatic rings. The van der Waals surface area contributed by atoms with E-state index in [0.29, 0.717) is 32.5 Å². The molecule has 1 unspecified atom stereocenters. The van der Waals surface area contributed by atoms with E-state index in [1.54, 1.807) is 12.4 Å². The average Bonchev–Trinajstić information content (AvgIpc) is 2.71. The van der Waals surface area contributed by atoms with Gasteiger partial charge in [0.05, 0.1) is 0 Å². The Kier molecular flexibility index (Phi) is 6.85. The average molecular weight is 417 g/mol. The van der Waals surface area contributed by atoms with Crippen LogP contribution < -0.4 is 5.73 Å². The quantitative estimate of drug-likeness (QED) is 0.447. The molecule has 0 saturated carbocycles. The summed E-state index contributed by atoms with van der Waals surface area (Å²) >= 11 is 0. The van der Waals surface area contributed by atoms with Gasteiger partial charge in [0.15, 0.2) is 5.16 Å². The van der Waals surface area contributed by atoms with Gasteiger partial charge in [-0.2, -0.15) is 0 Å². The molecule has 1 fully saturated rings. The van der Waals surface area contributed by atoms with Crippen LogP contribution in [0, 0.1) is 0 Å². The zero-order valence-electron chi connectivity index (χ0n) is 16.4. The summed E-state index contributed by atoms with van der Waals surface area (Å²) in [5, 5.41) is 8.31. The fourth-order valence-electron chi connectivity index (χ4n) is 4.03. The number of unbranched alkanes of at least 4 members (excludes halogenated alkanes) is 1. The lowest BCUT2D eigenvalue weighted by atomic mass is 9.97. The highest BCUT2D eigenvalue weighted by atomic mass is 31.2. The number of hydrogen-bond donors (Lipinski definition) is 3. The highest BCUT2D eigenvalue weighted by molar-refractivity contribution is 7.61. The molecule has 8 heteroatoms. The number of pyridine rings is 1. The van der Waals surface area contributed by atoms with Crippen molar-refractivity contribution in [3.63, 3.8) is 0 Å². The molecule has 0 bridgehead atoms. The summed E-state index contributed by atoms with van der Waals surface area (Å²) in [6.07, 6.45) is 4.82. The first-order chi connectivity index (χ1) is 13.9. The highest BCUT2D eigenvalue weighted by Crippen LogP contribution is 2.59. The smallest absolute Gasteiger partial charge is 0.320 e. The Hall–Kier alpha value is -2.05. The zero-order chi connectivity index (χ0) is 20.9. The predicted octanol–water partition coefficient (Wildman–Crippen LogP) is 2.79. The van der Waals surface area contributed by atoms with Gasteiger partial charge in [-0.3, -0.25) is 19.2 Å². The van der Waals surface area contributed by atoms with Crippen LogP contribution in [0.3, 0.4) is 0 Å². The fraction of sp³-hybridized carbons (Fsp3) is 0.429.